The van der Waals surface area contributed by atoms with E-state index in [-0.39, 0.29) is 5.97 Å². The number of ether oxygens (including phenoxy) is 1. The van der Waals surface area contributed by atoms with Crippen LogP contribution in [0.2, 0.25) is 0 Å². The van der Waals surface area contributed by atoms with Gasteiger partial charge in [0.2, 0.25) is 17.7 Å². The molecule has 0 spiro atoms. The van der Waals surface area contributed by atoms with E-state index in [1.165, 1.54) is 20.8 Å². The van der Waals surface area contributed by atoms with Gasteiger partial charge < -0.3 is 20.7 Å². The van der Waals surface area contributed by atoms with E-state index >= 15 is 0 Å². The molecule has 1 aliphatic rings. The summed E-state index contributed by atoms with van der Waals surface area (Å²) >= 11 is 0. The lowest BCUT2D eigenvalue weighted by Gasteiger charge is -2.24. The standard InChI is InChI=1S/C26H34N4O7/c1-14(28-24(35)16(3)30-20(31)12-13-21(30)32)22(33)27-15(2)23(34)29-19-10-8-18(9-11-19)17(4)37-25(36)26(5,6)7/h8-17H,1-7H3,(H,27,33)(H,28,35)(H,29,34). The third-order valence-electron chi connectivity index (χ3n) is 5.66. The van der Waals surface area contributed by atoms with Gasteiger partial charge in [0.25, 0.3) is 11.8 Å². The molecule has 11 nitrogen and oxygen atoms in total. The number of imide groups is 1. The zero-order chi connectivity index (χ0) is 28.1. The minimum absolute atomic E-state index is 0.322. The molecule has 37 heavy (non-hydrogen) atoms. The lowest BCUT2D eigenvalue weighted by molar-refractivity contribution is -0.158. The van der Waals surface area contributed by atoms with Gasteiger partial charge >= 0.3 is 5.97 Å². The Kier molecular flexibility index (Phi) is 9.32. The molecule has 1 aromatic carbocycles. The molecule has 3 N–H and O–H groups in total. The topological polar surface area (TPSA) is 151 Å². The average molecular weight is 515 g/mol. The molecule has 1 aliphatic heterocycles. The van der Waals surface area contributed by atoms with E-state index in [0.717, 1.165) is 22.6 Å². The Balaban J connectivity index is 1.87. The van der Waals surface area contributed by atoms with Crippen molar-refractivity contribution in [2.24, 2.45) is 5.41 Å². The quantitative estimate of drug-likeness (QED) is 0.334. The second-order valence-corrected chi connectivity index (χ2v) is 9.93. The Morgan fingerprint density at radius 3 is 1.78 bits per heavy atom. The first-order valence-corrected chi connectivity index (χ1v) is 11.9. The second-order valence-electron chi connectivity index (χ2n) is 9.93. The predicted molar refractivity (Wildman–Crippen MR) is 135 cm³/mol. The number of nitrogens with zero attached hydrogens (tertiary/aromatic N) is 1. The number of amides is 5. The lowest BCUT2D eigenvalue weighted by Crippen LogP contribution is -2.54. The van der Waals surface area contributed by atoms with Crippen molar-refractivity contribution in [3.8, 4) is 0 Å². The summed E-state index contributed by atoms with van der Waals surface area (Å²) in [5, 5.41) is 7.64. The van der Waals surface area contributed by atoms with Crippen molar-refractivity contribution in [2.75, 3.05) is 5.32 Å². The number of hydrogen-bond acceptors (Lipinski definition) is 7. The maximum Gasteiger partial charge on any atom is 0.311 e. The zero-order valence-corrected chi connectivity index (χ0v) is 22.1. The molecule has 0 saturated heterocycles. The van der Waals surface area contributed by atoms with Gasteiger partial charge in [0, 0.05) is 17.8 Å². The van der Waals surface area contributed by atoms with Crippen LogP contribution in [0.5, 0.6) is 0 Å². The van der Waals surface area contributed by atoms with Crippen molar-refractivity contribution >= 4 is 41.2 Å². The molecule has 1 aromatic rings. The van der Waals surface area contributed by atoms with Gasteiger partial charge in [-0.1, -0.05) is 12.1 Å². The maximum absolute atomic E-state index is 12.6. The normalized spacial score (nSPS) is 16.5. The number of esters is 1. The molecule has 2 rings (SSSR count). The molecule has 4 unspecified atom stereocenters. The Morgan fingerprint density at radius 2 is 1.27 bits per heavy atom. The van der Waals surface area contributed by atoms with E-state index in [0.29, 0.717) is 5.69 Å². The second kappa shape index (κ2) is 11.8. The highest BCUT2D eigenvalue weighted by molar-refractivity contribution is 6.15. The van der Waals surface area contributed by atoms with E-state index in [1.807, 2.05) is 0 Å². The number of carbonyl (C=O) groups excluding carboxylic acids is 6. The molecule has 4 atom stereocenters. The van der Waals surface area contributed by atoms with Crippen LogP contribution in [0, 0.1) is 5.41 Å². The van der Waals surface area contributed by atoms with Gasteiger partial charge in [-0.3, -0.25) is 33.7 Å². The summed E-state index contributed by atoms with van der Waals surface area (Å²) in [5.41, 5.74) is 0.613. The van der Waals surface area contributed by atoms with Crippen LogP contribution in [-0.2, 0) is 33.5 Å². The molecular weight excluding hydrogens is 480 g/mol. The fourth-order valence-electron chi connectivity index (χ4n) is 3.21. The molecule has 1 heterocycles. The monoisotopic (exact) mass is 514 g/mol. The van der Waals surface area contributed by atoms with Crippen molar-refractivity contribution in [3.63, 3.8) is 0 Å². The summed E-state index contributed by atoms with van der Waals surface area (Å²) in [5.74, 6) is -3.33. The smallest absolute Gasteiger partial charge is 0.311 e. The summed E-state index contributed by atoms with van der Waals surface area (Å²) in [7, 11) is 0. The third-order valence-corrected chi connectivity index (χ3v) is 5.66. The molecule has 5 amide bonds. The molecule has 11 heteroatoms. The van der Waals surface area contributed by atoms with Gasteiger partial charge in [0.15, 0.2) is 0 Å². The van der Waals surface area contributed by atoms with E-state index in [4.69, 9.17) is 4.74 Å². The van der Waals surface area contributed by atoms with Crippen molar-refractivity contribution in [3.05, 3.63) is 42.0 Å². The van der Waals surface area contributed by atoms with E-state index in [2.05, 4.69) is 16.0 Å². The highest BCUT2D eigenvalue weighted by Gasteiger charge is 2.34. The summed E-state index contributed by atoms with van der Waals surface area (Å²) in [6.45, 7) is 11.3. The summed E-state index contributed by atoms with van der Waals surface area (Å²) in [6, 6.07) is 3.71. The van der Waals surface area contributed by atoms with Gasteiger partial charge in [-0.15, -0.1) is 0 Å². The fraction of sp³-hybridized carbons (Fsp3) is 0.462. The summed E-state index contributed by atoms with van der Waals surface area (Å²) in [4.78, 5) is 73.8. The Bertz CT molecular complexity index is 1090. The Labute approximate surface area is 216 Å². The number of rotatable bonds is 9. The molecule has 0 aliphatic carbocycles. The predicted octanol–water partition coefficient (Wildman–Crippen LogP) is 1.60. The van der Waals surface area contributed by atoms with Gasteiger partial charge in [-0.05, 0) is 66.2 Å². The zero-order valence-electron chi connectivity index (χ0n) is 22.1. The van der Waals surface area contributed by atoms with Crippen LogP contribution < -0.4 is 16.0 Å². The maximum atomic E-state index is 12.6. The van der Waals surface area contributed by atoms with Crippen LogP contribution in [0.15, 0.2) is 36.4 Å². The van der Waals surface area contributed by atoms with E-state index in [9.17, 15) is 28.8 Å². The first-order chi connectivity index (χ1) is 17.1. The van der Waals surface area contributed by atoms with Crippen LogP contribution >= 0.6 is 0 Å². The van der Waals surface area contributed by atoms with Crippen LogP contribution in [0.1, 0.15) is 60.1 Å². The SMILES string of the molecule is CC(NC(=O)C(C)NC(=O)C(C)N1C(=O)C=CC1=O)C(=O)Nc1ccc(C(C)OC(=O)C(C)(C)C)cc1. The molecule has 0 aromatic heterocycles. The van der Waals surface area contributed by atoms with Crippen molar-refractivity contribution in [1.82, 2.24) is 15.5 Å². The van der Waals surface area contributed by atoms with E-state index < -0.39 is 59.2 Å². The molecule has 0 radical (unpaired) electrons. The largest absolute Gasteiger partial charge is 0.457 e. The molecule has 0 saturated carbocycles. The highest BCUT2D eigenvalue weighted by atomic mass is 16.5. The molecule has 200 valence electrons. The Hall–Kier alpha value is -4.02. The highest BCUT2D eigenvalue weighted by Crippen LogP contribution is 2.24. The van der Waals surface area contributed by atoms with Crippen molar-refractivity contribution < 1.29 is 33.5 Å². The van der Waals surface area contributed by atoms with Gasteiger partial charge in [0.05, 0.1) is 5.41 Å². The van der Waals surface area contributed by atoms with E-state index in [1.54, 1.807) is 52.0 Å². The lowest BCUT2D eigenvalue weighted by atomic mass is 9.97. The van der Waals surface area contributed by atoms with Crippen LogP contribution in [0.3, 0.4) is 0 Å². The number of carbonyl (C=O) groups is 6. The van der Waals surface area contributed by atoms with Gasteiger partial charge in [0.1, 0.15) is 24.2 Å². The van der Waals surface area contributed by atoms with Crippen LogP contribution in [0.25, 0.3) is 0 Å². The summed E-state index contributed by atoms with van der Waals surface area (Å²) < 4.78 is 5.46. The third kappa shape index (κ3) is 7.73. The molecular formula is C26H34N4O7. The van der Waals surface area contributed by atoms with Crippen LogP contribution in [-0.4, -0.2) is 58.5 Å². The fourth-order valence-corrected chi connectivity index (χ4v) is 3.21. The number of anilines is 1. The summed E-state index contributed by atoms with van der Waals surface area (Å²) in [6.07, 6.45) is 1.67. The van der Waals surface area contributed by atoms with Crippen molar-refractivity contribution in [2.45, 2.75) is 72.7 Å². The van der Waals surface area contributed by atoms with Crippen LogP contribution in [0.4, 0.5) is 5.69 Å². The number of nitrogens with one attached hydrogen (secondary N) is 3. The number of benzene rings is 1. The molecule has 0 fully saturated rings. The minimum atomic E-state index is -1.10. The average Bonchev–Trinajstić information content (AvgIpc) is 3.15. The van der Waals surface area contributed by atoms with Gasteiger partial charge in [-0.2, -0.15) is 0 Å². The first-order valence-electron chi connectivity index (χ1n) is 11.9. The van der Waals surface area contributed by atoms with Crippen molar-refractivity contribution in [1.29, 1.82) is 0 Å². The molecule has 0 bridgehead atoms. The Morgan fingerprint density at radius 1 is 0.784 bits per heavy atom. The minimum Gasteiger partial charge on any atom is -0.457 e. The first kappa shape index (κ1) is 29.2. The van der Waals surface area contributed by atoms with Gasteiger partial charge in [-0.25, -0.2) is 0 Å². The number of hydrogen-bond donors (Lipinski definition) is 3.